The van der Waals surface area contributed by atoms with E-state index in [-0.39, 0.29) is 34.6 Å². The van der Waals surface area contributed by atoms with Gasteiger partial charge in [-0.2, -0.15) is 13.2 Å². The van der Waals surface area contributed by atoms with Crippen LogP contribution in [0.2, 0.25) is 0 Å². The quantitative estimate of drug-likeness (QED) is 0.644. The van der Waals surface area contributed by atoms with Crippen molar-refractivity contribution < 1.29 is 31.5 Å². The van der Waals surface area contributed by atoms with Gasteiger partial charge in [-0.25, -0.2) is 13.6 Å². The number of carbonyl (C=O) groups is 1. The second-order valence-corrected chi connectivity index (χ2v) is 5.17. The number of carbonyl (C=O) groups excluding carboxylic acids is 1. The van der Waals surface area contributed by atoms with Gasteiger partial charge in [-0.1, -0.05) is 12.1 Å². The molecule has 0 spiro atoms. The second kappa shape index (κ2) is 6.27. The molecular weight excluding hydrogens is 341 g/mol. The summed E-state index contributed by atoms with van der Waals surface area (Å²) >= 11 is -0.343. The Labute approximate surface area is 126 Å². The maximum Gasteiger partial charge on any atom is 0.446 e. The van der Waals surface area contributed by atoms with Gasteiger partial charge in [-0.3, -0.25) is 0 Å². The van der Waals surface area contributed by atoms with Gasteiger partial charge < -0.3 is 10.1 Å². The van der Waals surface area contributed by atoms with E-state index >= 15 is 0 Å². The molecule has 1 aromatic rings. The molecule has 10 heteroatoms. The van der Waals surface area contributed by atoms with E-state index in [2.05, 4.69) is 4.74 Å². The van der Waals surface area contributed by atoms with Crippen LogP contribution < -0.4 is 5.32 Å². The number of alkyl halides is 5. The zero-order valence-corrected chi connectivity index (χ0v) is 11.7. The number of nitrogens with one attached hydrogen (secondary N) is 1. The molecule has 0 unspecified atom stereocenters. The first-order valence-electron chi connectivity index (χ1n) is 5.34. The van der Waals surface area contributed by atoms with E-state index in [0.29, 0.717) is 0 Å². The minimum atomic E-state index is -4.45. The van der Waals surface area contributed by atoms with Gasteiger partial charge in [0.25, 0.3) is 0 Å². The molecular formula is C11H9ClF5NO2S. The fourth-order valence-electron chi connectivity index (χ4n) is 1.70. The average Bonchev–Trinajstić information content (AvgIpc) is 2.32. The van der Waals surface area contributed by atoms with E-state index in [1.807, 2.05) is 5.32 Å². The third kappa shape index (κ3) is 4.63. The number of hydrogen-bond donors (Lipinski definition) is 1. The van der Waals surface area contributed by atoms with Crippen molar-refractivity contribution in [3.8, 4) is 0 Å². The highest BCUT2D eigenvalue weighted by Gasteiger charge is 2.46. The van der Waals surface area contributed by atoms with Crippen LogP contribution in [0, 0.1) is 0 Å². The lowest BCUT2D eigenvalue weighted by Gasteiger charge is -2.31. The zero-order valence-electron chi connectivity index (χ0n) is 10.1. The highest BCUT2D eigenvalue weighted by molar-refractivity contribution is 8.00. The standard InChI is InChI=1S/C11H8F5NO2S.ClH/c12-10(13)5-19-9(18)17-8(10)6-1-3-7(4-2-6)20-11(14,15)16;/h1-4,8H,5H2,(H,17,18);1H/t8-;/m1./s1. The molecule has 1 saturated heterocycles. The molecule has 2 rings (SSSR count). The van der Waals surface area contributed by atoms with Crippen molar-refractivity contribution in [1.29, 1.82) is 0 Å². The third-order valence-electron chi connectivity index (χ3n) is 2.53. The molecule has 21 heavy (non-hydrogen) atoms. The van der Waals surface area contributed by atoms with E-state index in [9.17, 15) is 26.7 Å². The Morgan fingerprint density at radius 1 is 1.24 bits per heavy atom. The third-order valence-corrected chi connectivity index (χ3v) is 3.27. The van der Waals surface area contributed by atoms with Crippen molar-refractivity contribution in [2.24, 2.45) is 0 Å². The number of amides is 1. The number of cyclic esters (lactones) is 1. The Morgan fingerprint density at radius 3 is 2.33 bits per heavy atom. The van der Waals surface area contributed by atoms with Crippen LogP contribution in [0.1, 0.15) is 11.6 Å². The van der Waals surface area contributed by atoms with Crippen LogP contribution in [0.5, 0.6) is 0 Å². The minimum Gasteiger partial charge on any atom is -0.443 e. The first-order valence-corrected chi connectivity index (χ1v) is 6.16. The van der Waals surface area contributed by atoms with E-state index in [1.165, 1.54) is 0 Å². The topological polar surface area (TPSA) is 38.3 Å². The predicted molar refractivity (Wildman–Crippen MR) is 67.8 cm³/mol. The monoisotopic (exact) mass is 349 g/mol. The summed E-state index contributed by atoms with van der Waals surface area (Å²) in [5, 5.41) is 1.95. The largest absolute Gasteiger partial charge is 0.446 e. The van der Waals surface area contributed by atoms with E-state index in [0.717, 1.165) is 24.3 Å². The van der Waals surface area contributed by atoms with Crippen molar-refractivity contribution in [3.05, 3.63) is 29.8 Å². The summed E-state index contributed by atoms with van der Waals surface area (Å²) in [6.45, 7) is -1.07. The Bertz CT molecular complexity index is 508. The average molecular weight is 350 g/mol. The lowest BCUT2D eigenvalue weighted by Crippen LogP contribution is -2.49. The van der Waals surface area contributed by atoms with Crippen LogP contribution in [-0.2, 0) is 4.74 Å². The van der Waals surface area contributed by atoms with Gasteiger partial charge in [-0.15, -0.1) is 12.4 Å². The molecule has 1 aliphatic heterocycles. The smallest absolute Gasteiger partial charge is 0.443 e. The van der Waals surface area contributed by atoms with Crippen LogP contribution in [0.3, 0.4) is 0 Å². The maximum absolute atomic E-state index is 13.6. The molecule has 0 radical (unpaired) electrons. The molecule has 0 bridgehead atoms. The van der Waals surface area contributed by atoms with Crippen LogP contribution >= 0.6 is 24.2 Å². The number of alkyl carbamates (subject to hydrolysis) is 1. The number of rotatable bonds is 2. The van der Waals surface area contributed by atoms with E-state index in [4.69, 9.17) is 0 Å². The van der Waals surface area contributed by atoms with Crippen LogP contribution in [0.15, 0.2) is 29.2 Å². The van der Waals surface area contributed by atoms with Crippen molar-refractivity contribution >= 4 is 30.3 Å². The maximum atomic E-state index is 13.6. The Balaban J connectivity index is 0.00000220. The van der Waals surface area contributed by atoms with Crippen molar-refractivity contribution in [2.45, 2.75) is 22.4 Å². The van der Waals surface area contributed by atoms with Gasteiger partial charge in [0.15, 0.2) is 6.61 Å². The summed E-state index contributed by atoms with van der Waals surface area (Å²) in [4.78, 5) is 10.8. The Kier molecular flexibility index (Phi) is 5.32. The van der Waals surface area contributed by atoms with Gasteiger partial charge >= 0.3 is 17.5 Å². The summed E-state index contributed by atoms with van der Waals surface area (Å²) in [5.74, 6) is -3.33. The molecule has 1 fully saturated rings. The fraction of sp³-hybridized carbons (Fsp3) is 0.364. The molecule has 1 N–H and O–H groups in total. The first kappa shape index (κ1) is 17.8. The van der Waals surface area contributed by atoms with Crippen molar-refractivity contribution in [1.82, 2.24) is 5.32 Å². The lowest BCUT2D eigenvalue weighted by molar-refractivity contribution is -0.104. The van der Waals surface area contributed by atoms with Gasteiger partial charge in [0, 0.05) is 4.90 Å². The highest BCUT2D eigenvalue weighted by Crippen LogP contribution is 2.39. The molecule has 1 aromatic carbocycles. The summed E-state index contributed by atoms with van der Waals surface area (Å²) in [6, 6.07) is 2.78. The van der Waals surface area contributed by atoms with E-state index < -0.39 is 30.2 Å². The van der Waals surface area contributed by atoms with Gasteiger partial charge in [0.05, 0.1) is 0 Å². The summed E-state index contributed by atoms with van der Waals surface area (Å²) < 4.78 is 67.8. The molecule has 0 aliphatic carbocycles. The van der Waals surface area contributed by atoms with Gasteiger partial charge in [0.2, 0.25) is 0 Å². The van der Waals surface area contributed by atoms with Crippen LogP contribution in [-0.4, -0.2) is 24.1 Å². The number of ether oxygens (including phenoxy) is 1. The Morgan fingerprint density at radius 2 is 1.81 bits per heavy atom. The number of halogens is 6. The van der Waals surface area contributed by atoms with Crippen molar-refractivity contribution in [2.75, 3.05) is 6.61 Å². The summed E-state index contributed by atoms with van der Waals surface area (Å²) in [5.41, 5.74) is -4.43. The lowest BCUT2D eigenvalue weighted by atomic mass is 10.0. The SMILES string of the molecule is Cl.O=C1N[C@H](c2ccc(SC(F)(F)F)cc2)C(F)(F)CO1. The summed E-state index contributed by atoms with van der Waals surface area (Å²) in [7, 11) is 0. The molecule has 1 heterocycles. The minimum absolute atomic E-state index is 0. The second-order valence-electron chi connectivity index (χ2n) is 4.03. The van der Waals surface area contributed by atoms with Gasteiger partial charge in [-0.05, 0) is 29.5 Å². The zero-order chi connectivity index (χ0) is 15.0. The molecule has 1 amide bonds. The normalized spacial score (nSPS) is 21.0. The van der Waals surface area contributed by atoms with E-state index in [1.54, 1.807) is 0 Å². The molecule has 3 nitrogen and oxygen atoms in total. The molecule has 0 saturated carbocycles. The molecule has 0 aromatic heterocycles. The molecule has 1 atom stereocenters. The fourth-order valence-corrected chi connectivity index (χ4v) is 2.24. The number of benzene rings is 1. The number of thioether (sulfide) groups is 1. The predicted octanol–water partition coefficient (Wildman–Crippen LogP) is 4.14. The summed E-state index contributed by atoms with van der Waals surface area (Å²) in [6.07, 6.45) is -0.991. The molecule has 118 valence electrons. The van der Waals surface area contributed by atoms with Crippen LogP contribution in [0.25, 0.3) is 0 Å². The molecule has 1 aliphatic rings. The van der Waals surface area contributed by atoms with Gasteiger partial charge in [0.1, 0.15) is 6.04 Å². The first-order chi connectivity index (χ1) is 9.17. The van der Waals surface area contributed by atoms with Crippen molar-refractivity contribution in [3.63, 3.8) is 0 Å². The van der Waals surface area contributed by atoms with Crippen LogP contribution in [0.4, 0.5) is 26.7 Å². The highest BCUT2D eigenvalue weighted by atomic mass is 35.5. The number of hydrogen-bond acceptors (Lipinski definition) is 3. The Hall–Kier alpha value is -1.22.